The summed E-state index contributed by atoms with van der Waals surface area (Å²) in [5.41, 5.74) is 0. The van der Waals surface area contributed by atoms with Crippen LogP contribution in [0.15, 0.2) is 0 Å². The second kappa shape index (κ2) is 5.27. The molecule has 1 N–H and O–H groups in total. The first kappa shape index (κ1) is 12.9. The zero-order valence-electron chi connectivity index (χ0n) is 9.86. The molecule has 0 aromatic heterocycles. The maximum absolute atomic E-state index is 11.4. The monoisotopic (exact) mass is 234 g/mol. The molecule has 1 aliphatic rings. The van der Waals surface area contributed by atoms with Gasteiger partial charge in [0, 0.05) is 19.1 Å². The first-order valence-corrected chi connectivity index (χ1v) is 7.48. The Kier molecular flexibility index (Phi) is 4.55. The third kappa shape index (κ3) is 3.74. The summed E-state index contributed by atoms with van der Waals surface area (Å²) >= 11 is 0. The molecule has 4 nitrogen and oxygen atoms in total. The van der Waals surface area contributed by atoms with E-state index >= 15 is 0 Å². The van der Waals surface area contributed by atoms with Crippen LogP contribution < -0.4 is 5.32 Å². The van der Waals surface area contributed by atoms with Gasteiger partial charge < -0.3 is 5.32 Å². The summed E-state index contributed by atoms with van der Waals surface area (Å²) in [5, 5.41) is 3.37. The van der Waals surface area contributed by atoms with Crippen molar-refractivity contribution in [3.8, 4) is 0 Å². The number of sulfonamides is 1. The molecule has 1 heterocycles. The molecule has 0 aliphatic carbocycles. The summed E-state index contributed by atoms with van der Waals surface area (Å²) in [7, 11) is -3.00. The quantitative estimate of drug-likeness (QED) is 0.777. The molecule has 1 saturated heterocycles. The van der Waals surface area contributed by atoms with Crippen molar-refractivity contribution in [2.75, 3.05) is 25.9 Å². The van der Waals surface area contributed by atoms with Gasteiger partial charge in [0.05, 0.1) is 6.26 Å². The summed E-state index contributed by atoms with van der Waals surface area (Å²) in [5.74, 6) is 0.452. The molecule has 0 radical (unpaired) electrons. The van der Waals surface area contributed by atoms with Crippen LogP contribution >= 0.6 is 0 Å². The van der Waals surface area contributed by atoms with Crippen molar-refractivity contribution in [2.24, 2.45) is 5.92 Å². The Morgan fingerprint density at radius 2 is 2.20 bits per heavy atom. The van der Waals surface area contributed by atoms with Crippen LogP contribution in [0.4, 0.5) is 0 Å². The van der Waals surface area contributed by atoms with Gasteiger partial charge in [-0.2, -0.15) is 0 Å². The zero-order valence-corrected chi connectivity index (χ0v) is 10.7. The van der Waals surface area contributed by atoms with Crippen molar-refractivity contribution in [3.63, 3.8) is 0 Å². The van der Waals surface area contributed by atoms with Gasteiger partial charge in [-0.05, 0) is 32.2 Å². The van der Waals surface area contributed by atoms with E-state index in [0.717, 1.165) is 19.4 Å². The van der Waals surface area contributed by atoms with Gasteiger partial charge >= 0.3 is 0 Å². The average Bonchev–Trinajstić information content (AvgIpc) is 2.17. The predicted molar refractivity (Wildman–Crippen MR) is 62.3 cm³/mol. The Morgan fingerprint density at radius 3 is 2.73 bits per heavy atom. The number of piperidine rings is 1. The van der Waals surface area contributed by atoms with E-state index in [0.29, 0.717) is 25.0 Å². The van der Waals surface area contributed by atoms with Crippen molar-refractivity contribution < 1.29 is 8.42 Å². The Bertz CT molecular complexity index is 290. The average molecular weight is 234 g/mol. The maximum atomic E-state index is 11.4. The van der Waals surface area contributed by atoms with Crippen LogP contribution in [-0.4, -0.2) is 44.7 Å². The van der Waals surface area contributed by atoms with E-state index in [4.69, 9.17) is 0 Å². The fourth-order valence-corrected chi connectivity index (χ4v) is 3.09. The maximum Gasteiger partial charge on any atom is 0.211 e. The Labute approximate surface area is 93.1 Å². The van der Waals surface area contributed by atoms with Gasteiger partial charge in [0.2, 0.25) is 10.0 Å². The third-order valence-electron chi connectivity index (χ3n) is 3.12. The van der Waals surface area contributed by atoms with Gasteiger partial charge in [-0.1, -0.05) is 6.92 Å². The molecule has 15 heavy (non-hydrogen) atoms. The van der Waals surface area contributed by atoms with Gasteiger partial charge in [0.15, 0.2) is 0 Å². The van der Waals surface area contributed by atoms with Crippen LogP contribution in [-0.2, 0) is 10.0 Å². The van der Waals surface area contributed by atoms with Crippen molar-refractivity contribution in [1.29, 1.82) is 0 Å². The highest BCUT2D eigenvalue weighted by atomic mass is 32.2. The topological polar surface area (TPSA) is 49.4 Å². The molecule has 2 atom stereocenters. The summed E-state index contributed by atoms with van der Waals surface area (Å²) in [6.07, 6.45) is 3.40. The van der Waals surface area contributed by atoms with Crippen molar-refractivity contribution in [3.05, 3.63) is 0 Å². The number of hydrogen-bond donors (Lipinski definition) is 1. The SMILES string of the molecule is CCNC(C)C1CCCN(S(C)(=O)=O)C1. The fourth-order valence-electron chi connectivity index (χ4n) is 2.17. The van der Waals surface area contributed by atoms with Gasteiger partial charge in [0.25, 0.3) is 0 Å². The highest BCUT2D eigenvalue weighted by Gasteiger charge is 2.28. The van der Waals surface area contributed by atoms with Gasteiger partial charge in [-0.15, -0.1) is 0 Å². The lowest BCUT2D eigenvalue weighted by Crippen LogP contribution is -2.46. The molecular formula is C10H22N2O2S. The van der Waals surface area contributed by atoms with Crippen LogP contribution in [0.25, 0.3) is 0 Å². The molecule has 0 amide bonds. The molecule has 0 spiro atoms. The van der Waals surface area contributed by atoms with E-state index in [1.54, 1.807) is 4.31 Å². The first-order chi connectivity index (χ1) is 6.95. The van der Waals surface area contributed by atoms with E-state index in [1.807, 2.05) is 0 Å². The highest BCUT2D eigenvalue weighted by Crippen LogP contribution is 2.21. The fraction of sp³-hybridized carbons (Fsp3) is 1.00. The molecule has 1 aliphatic heterocycles. The second-order valence-electron chi connectivity index (χ2n) is 4.37. The number of nitrogens with one attached hydrogen (secondary N) is 1. The van der Waals surface area contributed by atoms with Crippen molar-refractivity contribution >= 4 is 10.0 Å². The van der Waals surface area contributed by atoms with E-state index in [1.165, 1.54) is 6.26 Å². The molecule has 0 saturated carbocycles. The summed E-state index contributed by atoms with van der Waals surface area (Å²) in [6.45, 7) is 6.52. The van der Waals surface area contributed by atoms with Crippen LogP contribution in [0.5, 0.6) is 0 Å². The number of rotatable bonds is 4. The lowest BCUT2D eigenvalue weighted by Gasteiger charge is -2.34. The Morgan fingerprint density at radius 1 is 1.53 bits per heavy atom. The Balaban J connectivity index is 2.56. The number of nitrogens with zero attached hydrogens (tertiary/aromatic N) is 1. The molecule has 1 rings (SSSR count). The largest absolute Gasteiger partial charge is 0.314 e. The van der Waals surface area contributed by atoms with Crippen LogP contribution in [0.3, 0.4) is 0 Å². The molecule has 1 fully saturated rings. The molecule has 0 aromatic carbocycles. The van der Waals surface area contributed by atoms with Gasteiger partial charge in [-0.25, -0.2) is 12.7 Å². The lowest BCUT2D eigenvalue weighted by molar-refractivity contribution is 0.226. The zero-order chi connectivity index (χ0) is 11.5. The van der Waals surface area contributed by atoms with Crippen LogP contribution in [0.2, 0.25) is 0 Å². The van der Waals surface area contributed by atoms with E-state index in [2.05, 4.69) is 19.2 Å². The van der Waals surface area contributed by atoms with E-state index in [-0.39, 0.29) is 0 Å². The summed E-state index contributed by atoms with van der Waals surface area (Å²) in [6, 6.07) is 0.402. The Hall–Kier alpha value is -0.130. The first-order valence-electron chi connectivity index (χ1n) is 5.63. The minimum Gasteiger partial charge on any atom is -0.314 e. The van der Waals surface area contributed by atoms with Crippen LogP contribution in [0, 0.1) is 5.92 Å². The lowest BCUT2D eigenvalue weighted by atomic mass is 9.93. The third-order valence-corrected chi connectivity index (χ3v) is 4.39. The minimum absolute atomic E-state index is 0.402. The molecule has 0 bridgehead atoms. The van der Waals surface area contributed by atoms with Gasteiger partial charge in [-0.3, -0.25) is 0 Å². The molecule has 90 valence electrons. The normalized spacial score (nSPS) is 26.5. The smallest absolute Gasteiger partial charge is 0.211 e. The second-order valence-corrected chi connectivity index (χ2v) is 6.35. The van der Waals surface area contributed by atoms with Crippen LogP contribution in [0.1, 0.15) is 26.7 Å². The number of hydrogen-bond acceptors (Lipinski definition) is 3. The van der Waals surface area contributed by atoms with Crippen molar-refractivity contribution in [1.82, 2.24) is 9.62 Å². The molecule has 2 unspecified atom stereocenters. The van der Waals surface area contributed by atoms with E-state index in [9.17, 15) is 8.42 Å². The van der Waals surface area contributed by atoms with Gasteiger partial charge in [0.1, 0.15) is 0 Å². The molecular weight excluding hydrogens is 212 g/mol. The van der Waals surface area contributed by atoms with Crippen molar-refractivity contribution in [2.45, 2.75) is 32.7 Å². The van der Waals surface area contributed by atoms with E-state index < -0.39 is 10.0 Å². The highest BCUT2D eigenvalue weighted by molar-refractivity contribution is 7.88. The summed E-state index contributed by atoms with van der Waals surface area (Å²) < 4.78 is 24.4. The molecule has 5 heteroatoms. The molecule has 0 aromatic rings. The minimum atomic E-state index is -3.00. The standard InChI is InChI=1S/C10H22N2O2S/c1-4-11-9(2)10-6-5-7-12(8-10)15(3,13)14/h9-11H,4-8H2,1-3H3. The predicted octanol–water partition coefficient (Wildman–Crippen LogP) is 0.656. The summed E-state index contributed by atoms with van der Waals surface area (Å²) in [4.78, 5) is 0.